The maximum Gasteiger partial charge on any atom is 0.322 e. The van der Waals surface area contributed by atoms with Crippen molar-refractivity contribution in [3.05, 3.63) is 64.5 Å². The molecule has 0 unspecified atom stereocenters. The minimum absolute atomic E-state index is 0.0393. The largest absolute Gasteiger partial charge is 0.486 e. The summed E-state index contributed by atoms with van der Waals surface area (Å²) in [5, 5.41) is 10.9. The lowest BCUT2D eigenvalue weighted by molar-refractivity contribution is 0.102. The van der Waals surface area contributed by atoms with Gasteiger partial charge >= 0.3 is 6.01 Å². The molecule has 0 fully saturated rings. The minimum Gasteiger partial charge on any atom is -0.486 e. The Balaban J connectivity index is 1.43. The van der Waals surface area contributed by atoms with Gasteiger partial charge in [0, 0.05) is 10.6 Å². The van der Waals surface area contributed by atoms with Crippen molar-refractivity contribution in [1.82, 2.24) is 10.2 Å². The van der Waals surface area contributed by atoms with Crippen LogP contribution in [0.2, 0.25) is 5.02 Å². The van der Waals surface area contributed by atoms with Crippen LogP contribution in [0.15, 0.2) is 46.9 Å². The third-order valence-corrected chi connectivity index (χ3v) is 4.01. The molecule has 0 aliphatic carbocycles. The van der Waals surface area contributed by atoms with Crippen molar-refractivity contribution in [2.24, 2.45) is 0 Å². The van der Waals surface area contributed by atoms with Crippen LogP contribution in [0.4, 0.5) is 6.01 Å². The van der Waals surface area contributed by atoms with Crippen LogP contribution in [0.5, 0.6) is 11.5 Å². The van der Waals surface area contributed by atoms with Gasteiger partial charge < -0.3 is 13.9 Å². The van der Waals surface area contributed by atoms with E-state index < -0.39 is 0 Å². The van der Waals surface area contributed by atoms with Crippen LogP contribution < -0.4 is 14.8 Å². The lowest BCUT2D eigenvalue weighted by Gasteiger charge is -2.18. The first-order valence-corrected chi connectivity index (χ1v) is 8.33. The number of benzene rings is 2. The van der Waals surface area contributed by atoms with Gasteiger partial charge in [-0.2, -0.15) is 0 Å². The van der Waals surface area contributed by atoms with Crippen LogP contribution >= 0.6 is 11.6 Å². The molecule has 0 bridgehead atoms. The Morgan fingerprint density at radius 3 is 2.62 bits per heavy atom. The highest BCUT2D eigenvalue weighted by molar-refractivity contribution is 6.30. The third kappa shape index (κ3) is 3.62. The molecule has 3 aromatic rings. The molecule has 0 radical (unpaired) electrons. The number of hydrogen-bond acceptors (Lipinski definition) is 6. The lowest BCUT2D eigenvalue weighted by Crippen LogP contribution is -2.15. The van der Waals surface area contributed by atoms with Crippen molar-refractivity contribution >= 4 is 23.5 Å². The maximum absolute atomic E-state index is 12.1. The Kier molecular flexibility index (Phi) is 4.45. The first-order chi connectivity index (χ1) is 12.7. The van der Waals surface area contributed by atoms with Gasteiger partial charge in [-0.25, -0.2) is 0 Å². The zero-order chi connectivity index (χ0) is 17.9. The second kappa shape index (κ2) is 7.05. The summed E-state index contributed by atoms with van der Waals surface area (Å²) in [4.78, 5) is 12.1. The molecule has 1 aromatic heterocycles. The predicted molar refractivity (Wildman–Crippen MR) is 93.9 cm³/mol. The molecule has 0 saturated carbocycles. The lowest BCUT2D eigenvalue weighted by atomic mass is 10.1. The fourth-order valence-corrected chi connectivity index (χ4v) is 2.64. The number of carbonyl (C=O) groups excluding carboxylic acids is 1. The van der Waals surface area contributed by atoms with Crippen molar-refractivity contribution in [2.45, 2.75) is 6.42 Å². The van der Waals surface area contributed by atoms with Gasteiger partial charge in [-0.1, -0.05) is 22.8 Å². The van der Waals surface area contributed by atoms with Gasteiger partial charge in [0.2, 0.25) is 5.89 Å². The smallest absolute Gasteiger partial charge is 0.322 e. The number of anilines is 1. The number of halogens is 1. The Morgan fingerprint density at radius 1 is 1.04 bits per heavy atom. The van der Waals surface area contributed by atoms with Crippen molar-refractivity contribution in [2.75, 3.05) is 18.5 Å². The number of rotatable bonds is 4. The second-order valence-corrected chi connectivity index (χ2v) is 6.05. The summed E-state index contributed by atoms with van der Waals surface area (Å²) >= 11 is 5.81. The van der Waals surface area contributed by atoms with Crippen molar-refractivity contribution < 1.29 is 18.7 Å². The normalized spacial score (nSPS) is 12.7. The number of hydrogen-bond donors (Lipinski definition) is 1. The van der Waals surface area contributed by atoms with Crippen LogP contribution in [0, 0.1) is 0 Å². The summed E-state index contributed by atoms with van der Waals surface area (Å²) < 4.78 is 16.5. The van der Waals surface area contributed by atoms with Gasteiger partial charge in [-0.3, -0.25) is 10.1 Å². The summed E-state index contributed by atoms with van der Waals surface area (Å²) in [6.07, 6.45) is 0.417. The van der Waals surface area contributed by atoms with Gasteiger partial charge in [0.1, 0.15) is 13.2 Å². The Bertz CT molecular complexity index is 940. The molecule has 2 aromatic carbocycles. The van der Waals surface area contributed by atoms with Gasteiger partial charge in [-0.05, 0) is 42.0 Å². The van der Waals surface area contributed by atoms with Crippen LogP contribution in [0.1, 0.15) is 21.8 Å². The molecule has 1 aliphatic rings. The van der Waals surface area contributed by atoms with E-state index >= 15 is 0 Å². The molecule has 0 saturated heterocycles. The highest BCUT2D eigenvalue weighted by Gasteiger charge is 2.15. The van der Waals surface area contributed by atoms with Gasteiger partial charge in [0.05, 0.1) is 6.42 Å². The monoisotopic (exact) mass is 371 g/mol. The standard InChI is InChI=1S/C18H14ClN3O4/c19-13-4-2-12(3-5-13)17(23)20-18-22-21-16(26-18)10-11-1-6-14-15(9-11)25-8-7-24-14/h1-6,9H,7-8,10H2,(H,20,22,23). The van der Waals surface area contributed by atoms with Gasteiger partial charge in [0.25, 0.3) is 5.91 Å². The average molecular weight is 372 g/mol. The first kappa shape index (κ1) is 16.4. The molecule has 0 spiro atoms. The van der Waals surface area contributed by atoms with Crippen molar-refractivity contribution in [3.8, 4) is 11.5 Å². The van der Waals surface area contributed by atoms with Crippen LogP contribution in [-0.2, 0) is 6.42 Å². The summed E-state index contributed by atoms with van der Waals surface area (Å²) in [5.74, 6) is 1.45. The van der Waals surface area contributed by atoms with Crippen molar-refractivity contribution in [1.29, 1.82) is 0 Å². The van der Waals surface area contributed by atoms with Gasteiger partial charge in [-0.15, -0.1) is 5.10 Å². The number of ether oxygens (including phenoxy) is 2. The Morgan fingerprint density at radius 2 is 1.81 bits per heavy atom. The zero-order valence-corrected chi connectivity index (χ0v) is 14.3. The van der Waals surface area contributed by atoms with E-state index in [1.165, 1.54) is 0 Å². The molecule has 26 heavy (non-hydrogen) atoms. The number of amides is 1. The Labute approximate surface area is 153 Å². The topological polar surface area (TPSA) is 86.5 Å². The van der Waals surface area contributed by atoms with E-state index in [9.17, 15) is 4.79 Å². The molecular formula is C18H14ClN3O4. The minimum atomic E-state index is -0.351. The van der Waals surface area contributed by atoms with E-state index in [1.54, 1.807) is 24.3 Å². The van der Waals surface area contributed by atoms with E-state index in [0.717, 1.165) is 11.3 Å². The molecule has 2 heterocycles. The maximum atomic E-state index is 12.1. The number of nitrogens with one attached hydrogen (secondary N) is 1. The van der Waals surface area contributed by atoms with E-state index in [-0.39, 0.29) is 11.9 Å². The van der Waals surface area contributed by atoms with E-state index in [4.69, 9.17) is 25.5 Å². The van der Waals surface area contributed by atoms with E-state index in [2.05, 4.69) is 15.5 Å². The SMILES string of the molecule is O=C(Nc1nnc(Cc2ccc3c(c2)OCCO3)o1)c1ccc(Cl)cc1. The molecular weight excluding hydrogens is 358 g/mol. The van der Waals surface area contributed by atoms with E-state index in [0.29, 0.717) is 41.9 Å². The molecule has 0 atom stereocenters. The molecule has 7 nitrogen and oxygen atoms in total. The fraction of sp³-hybridized carbons (Fsp3) is 0.167. The number of aromatic nitrogens is 2. The zero-order valence-electron chi connectivity index (χ0n) is 13.6. The molecule has 1 amide bonds. The molecule has 132 valence electrons. The number of fused-ring (bicyclic) bond motifs is 1. The molecule has 1 aliphatic heterocycles. The highest BCUT2D eigenvalue weighted by Crippen LogP contribution is 2.31. The molecule has 4 rings (SSSR count). The van der Waals surface area contributed by atoms with E-state index in [1.807, 2.05) is 18.2 Å². The number of carbonyl (C=O) groups is 1. The van der Waals surface area contributed by atoms with Crippen LogP contribution in [-0.4, -0.2) is 29.3 Å². The highest BCUT2D eigenvalue weighted by atomic mass is 35.5. The van der Waals surface area contributed by atoms with Crippen molar-refractivity contribution in [3.63, 3.8) is 0 Å². The van der Waals surface area contributed by atoms with Gasteiger partial charge in [0.15, 0.2) is 11.5 Å². The molecule has 8 heteroatoms. The average Bonchev–Trinajstić information content (AvgIpc) is 3.09. The molecule has 1 N–H and O–H groups in total. The Hall–Kier alpha value is -3.06. The van der Waals surface area contributed by atoms with Crippen LogP contribution in [0.25, 0.3) is 0 Å². The summed E-state index contributed by atoms with van der Waals surface area (Å²) in [7, 11) is 0. The third-order valence-electron chi connectivity index (χ3n) is 3.76. The van der Waals surface area contributed by atoms with Crippen LogP contribution in [0.3, 0.4) is 0 Å². The summed E-state index contributed by atoms with van der Waals surface area (Å²) in [6.45, 7) is 1.07. The summed E-state index contributed by atoms with van der Waals surface area (Å²) in [6, 6.07) is 12.2. The number of nitrogens with zero attached hydrogens (tertiary/aromatic N) is 2. The fourth-order valence-electron chi connectivity index (χ4n) is 2.52. The first-order valence-electron chi connectivity index (χ1n) is 7.95. The summed E-state index contributed by atoms with van der Waals surface area (Å²) in [5.41, 5.74) is 1.38. The predicted octanol–water partition coefficient (Wildman–Crippen LogP) is 3.34. The second-order valence-electron chi connectivity index (χ2n) is 5.62. The quantitative estimate of drug-likeness (QED) is 0.757.